The van der Waals surface area contributed by atoms with E-state index in [0.717, 1.165) is 31.4 Å². The Balaban J connectivity index is 0.00000208. The van der Waals surface area contributed by atoms with Crippen molar-refractivity contribution >= 4 is 18.3 Å². The zero-order valence-corrected chi connectivity index (χ0v) is 14.4. The molecule has 2 aromatic rings. The minimum absolute atomic E-state index is 0. The van der Waals surface area contributed by atoms with Crippen molar-refractivity contribution in [2.45, 2.75) is 38.1 Å². The van der Waals surface area contributed by atoms with E-state index in [9.17, 15) is 4.79 Å². The Kier molecular flexibility index (Phi) is 6.75. The van der Waals surface area contributed by atoms with Crippen LogP contribution >= 0.6 is 12.4 Å². The molecule has 1 aromatic heterocycles. The van der Waals surface area contributed by atoms with Crippen LogP contribution < -0.4 is 5.73 Å². The molecule has 3 rings (SSSR count). The van der Waals surface area contributed by atoms with Gasteiger partial charge in [0.25, 0.3) is 0 Å². The van der Waals surface area contributed by atoms with Gasteiger partial charge in [0.2, 0.25) is 17.6 Å². The average Bonchev–Trinajstić information content (AvgIpc) is 3.10. The van der Waals surface area contributed by atoms with Gasteiger partial charge in [-0.3, -0.25) is 4.79 Å². The molecule has 6 nitrogen and oxygen atoms in total. The summed E-state index contributed by atoms with van der Waals surface area (Å²) in [6.45, 7) is 1.28. The van der Waals surface area contributed by atoms with Crippen LogP contribution in [-0.2, 0) is 4.79 Å². The first-order chi connectivity index (χ1) is 11.3. The van der Waals surface area contributed by atoms with Gasteiger partial charge in [-0.2, -0.15) is 4.98 Å². The zero-order chi connectivity index (χ0) is 16.1. The summed E-state index contributed by atoms with van der Waals surface area (Å²) in [4.78, 5) is 18.8. The van der Waals surface area contributed by atoms with Crippen molar-refractivity contribution in [1.29, 1.82) is 0 Å². The summed E-state index contributed by atoms with van der Waals surface area (Å²) in [5.41, 5.74) is 6.42. The molecular formula is C17H23ClN4O2. The van der Waals surface area contributed by atoms with Crippen LogP contribution in [0.5, 0.6) is 0 Å². The van der Waals surface area contributed by atoms with E-state index >= 15 is 0 Å². The Morgan fingerprint density at radius 3 is 2.83 bits per heavy atom. The van der Waals surface area contributed by atoms with Crippen LogP contribution in [0, 0.1) is 0 Å². The van der Waals surface area contributed by atoms with E-state index in [2.05, 4.69) is 10.1 Å². The van der Waals surface area contributed by atoms with Gasteiger partial charge in [-0.15, -0.1) is 12.4 Å². The highest BCUT2D eigenvalue weighted by atomic mass is 35.5. The number of halogens is 1. The first kappa shape index (κ1) is 18.4. The number of piperidine rings is 1. The molecular weight excluding hydrogens is 328 g/mol. The molecule has 1 atom stereocenters. The molecule has 0 spiro atoms. The second-order valence-electron chi connectivity index (χ2n) is 5.81. The van der Waals surface area contributed by atoms with Crippen molar-refractivity contribution in [3.05, 3.63) is 36.2 Å². The van der Waals surface area contributed by atoms with Crippen LogP contribution in [0.15, 0.2) is 34.9 Å². The highest BCUT2D eigenvalue weighted by Crippen LogP contribution is 2.31. The molecule has 1 fully saturated rings. The van der Waals surface area contributed by atoms with Gasteiger partial charge in [-0.25, -0.2) is 0 Å². The second kappa shape index (κ2) is 8.80. The Bertz CT molecular complexity index is 647. The Hall–Kier alpha value is -1.92. The summed E-state index contributed by atoms with van der Waals surface area (Å²) in [5.74, 6) is 1.23. The largest absolute Gasteiger partial charge is 0.337 e. The molecule has 2 heterocycles. The quantitative estimate of drug-likeness (QED) is 0.896. The molecule has 1 aliphatic rings. The molecule has 0 aliphatic carbocycles. The van der Waals surface area contributed by atoms with Gasteiger partial charge >= 0.3 is 0 Å². The zero-order valence-electron chi connectivity index (χ0n) is 13.6. The number of hydrogen-bond acceptors (Lipinski definition) is 5. The monoisotopic (exact) mass is 350 g/mol. The van der Waals surface area contributed by atoms with Gasteiger partial charge in [0, 0.05) is 18.5 Å². The summed E-state index contributed by atoms with van der Waals surface area (Å²) >= 11 is 0. The lowest BCUT2D eigenvalue weighted by molar-refractivity contribution is -0.135. The number of benzene rings is 1. The minimum atomic E-state index is -0.112. The Morgan fingerprint density at radius 2 is 2.08 bits per heavy atom. The number of nitrogens with two attached hydrogens (primary N) is 1. The van der Waals surface area contributed by atoms with Gasteiger partial charge < -0.3 is 15.2 Å². The fraction of sp³-hybridized carbons (Fsp3) is 0.471. The van der Waals surface area contributed by atoms with Crippen LogP contribution in [0.3, 0.4) is 0 Å². The minimum Gasteiger partial charge on any atom is -0.337 e. The van der Waals surface area contributed by atoms with Gasteiger partial charge in [0.15, 0.2) is 0 Å². The van der Waals surface area contributed by atoms with E-state index in [0.29, 0.717) is 31.1 Å². The average molecular weight is 351 g/mol. The lowest BCUT2D eigenvalue weighted by Crippen LogP contribution is -2.38. The number of amides is 1. The first-order valence-electron chi connectivity index (χ1n) is 8.18. The fourth-order valence-electron chi connectivity index (χ4n) is 2.96. The van der Waals surface area contributed by atoms with Gasteiger partial charge in [0.1, 0.15) is 6.04 Å². The maximum absolute atomic E-state index is 12.4. The number of rotatable bonds is 5. The number of hydrogen-bond donors (Lipinski definition) is 1. The van der Waals surface area contributed by atoms with E-state index in [1.54, 1.807) is 0 Å². The lowest BCUT2D eigenvalue weighted by Gasteiger charge is -2.33. The molecule has 1 unspecified atom stereocenters. The van der Waals surface area contributed by atoms with Crippen LogP contribution in [0.4, 0.5) is 0 Å². The first-order valence-corrected chi connectivity index (χ1v) is 8.18. The van der Waals surface area contributed by atoms with Crippen LogP contribution in [0.25, 0.3) is 11.4 Å². The third-order valence-corrected chi connectivity index (χ3v) is 4.18. The number of nitrogens with zero attached hydrogens (tertiary/aromatic N) is 3. The van der Waals surface area contributed by atoms with E-state index in [4.69, 9.17) is 10.3 Å². The van der Waals surface area contributed by atoms with Gasteiger partial charge in [-0.05, 0) is 32.2 Å². The van der Waals surface area contributed by atoms with Gasteiger partial charge in [0.05, 0.1) is 0 Å². The summed E-state index contributed by atoms with van der Waals surface area (Å²) in [6, 6.07) is 9.60. The second-order valence-corrected chi connectivity index (χ2v) is 5.81. The molecule has 1 amide bonds. The highest BCUT2D eigenvalue weighted by Gasteiger charge is 2.31. The SMILES string of the molecule is Cl.NCCCC(=O)N1CCCCC1c1nc(-c2ccccc2)no1. The van der Waals surface area contributed by atoms with Gasteiger partial charge in [-0.1, -0.05) is 35.5 Å². The van der Waals surface area contributed by atoms with E-state index in [1.807, 2.05) is 35.2 Å². The maximum atomic E-state index is 12.4. The molecule has 0 radical (unpaired) electrons. The molecule has 0 saturated carbocycles. The summed E-state index contributed by atoms with van der Waals surface area (Å²) in [6.07, 6.45) is 4.14. The van der Waals surface area contributed by atoms with Crippen LogP contribution in [0.1, 0.15) is 44.0 Å². The molecule has 1 aliphatic heterocycles. The Morgan fingerprint density at radius 1 is 1.29 bits per heavy atom. The highest BCUT2D eigenvalue weighted by molar-refractivity contribution is 5.85. The smallest absolute Gasteiger partial charge is 0.249 e. The van der Waals surface area contributed by atoms with E-state index in [1.165, 1.54) is 0 Å². The van der Waals surface area contributed by atoms with Crippen molar-refractivity contribution in [1.82, 2.24) is 15.0 Å². The molecule has 7 heteroatoms. The molecule has 0 bridgehead atoms. The maximum Gasteiger partial charge on any atom is 0.249 e. The van der Waals surface area contributed by atoms with Crippen molar-refractivity contribution in [3.8, 4) is 11.4 Å². The predicted octanol–water partition coefficient (Wildman–Crippen LogP) is 2.95. The molecule has 1 saturated heterocycles. The number of carbonyl (C=O) groups is 1. The normalized spacial score (nSPS) is 17.4. The third-order valence-electron chi connectivity index (χ3n) is 4.18. The lowest BCUT2D eigenvalue weighted by atomic mass is 10.0. The summed E-state index contributed by atoms with van der Waals surface area (Å²) < 4.78 is 5.46. The van der Waals surface area contributed by atoms with Crippen molar-refractivity contribution in [2.75, 3.05) is 13.1 Å². The number of aromatic nitrogens is 2. The summed E-state index contributed by atoms with van der Waals surface area (Å²) in [5, 5.41) is 4.07. The van der Waals surface area contributed by atoms with Crippen LogP contribution in [-0.4, -0.2) is 34.0 Å². The standard InChI is InChI=1S/C17H22N4O2.ClH/c18-11-6-10-15(22)21-12-5-4-9-14(21)17-19-16(20-23-17)13-7-2-1-3-8-13;/h1-3,7-8,14H,4-6,9-12,18H2;1H. The third kappa shape index (κ3) is 4.13. The molecule has 24 heavy (non-hydrogen) atoms. The van der Waals surface area contributed by atoms with Crippen molar-refractivity contribution < 1.29 is 9.32 Å². The Labute approximate surface area is 147 Å². The predicted molar refractivity (Wildman–Crippen MR) is 93.6 cm³/mol. The topological polar surface area (TPSA) is 85.3 Å². The number of likely N-dealkylation sites (tertiary alicyclic amines) is 1. The summed E-state index contributed by atoms with van der Waals surface area (Å²) in [7, 11) is 0. The molecule has 2 N–H and O–H groups in total. The fourth-order valence-corrected chi connectivity index (χ4v) is 2.96. The van der Waals surface area contributed by atoms with Crippen molar-refractivity contribution in [3.63, 3.8) is 0 Å². The van der Waals surface area contributed by atoms with Crippen LogP contribution in [0.2, 0.25) is 0 Å². The van der Waals surface area contributed by atoms with Crippen molar-refractivity contribution in [2.24, 2.45) is 5.73 Å². The molecule has 1 aromatic carbocycles. The van der Waals surface area contributed by atoms with E-state index < -0.39 is 0 Å². The van der Waals surface area contributed by atoms with E-state index in [-0.39, 0.29) is 24.4 Å². The molecule has 130 valence electrons. The number of carbonyl (C=O) groups excluding carboxylic acids is 1.